The zero-order chi connectivity index (χ0) is 15.1. The highest BCUT2D eigenvalue weighted by Gasteiger charge is 2.35. The molecule has 0 aromatic carbocycles. The van der Waals surface area contributed by atoms with Crippen molar-refractivity contribution in [3.05, 3.63) is 22.4 Å². The minimum Gasteiger partial charge on any atom is -0.354 e. The Bertz CT molecular complexity index is 427. The number of amides is 1. The molecule has 1 aromatic heterocycles. The van der Waals surface area contributed by atoms with E-state index in [4.69, 9.17) is 5.73 Å². The molecule has 1 aromatic rings. The number of nitrogens with one attached hydrogen (secondary N) is 1. The molecule has 0 bridgehead atoms. The van der Waals surface area contributed by atoms with Gasteiger partial charge >= 0.3 is 0 Å². The van der Waals surface area contributed by atoms with Gasteiger partial charge < -0.3 is 11.1 Å². The molecule has 5 heteroatoms. The summed E-state index contributed by atoms with van der Waals surface area (Å²) in [7, 11) is 0. The lowest BCUT2D eigenvalue weighted by molar-refractivity contribution is -0.122. The smallest absolute Gasteiger partial charge is 0.236 e. The zero-order valence-electron chi connectivity index (χ0n) is 12.8. The Balaban J connectivity index is 1.95. The van der Waals surface area contributed by atoms with Crippen LogP contribution in [0.5, 0.6) is 0 Å². The second kappa shape index (κ2) is 8.20. The van der Waals surface area contributed by atoms with Gasteiger partial charge in [-0.1, -0.05) is 25.3 Å². The van der Waals surface area contributed by atoms with E-state index in [0.29, 0.717) is 0 Å². The fourth-order valence-electron chi connectivity index (χ4n) is 3.08. The number of hydrogen-bond acceptors (Lipinski definition) is 4. The molecular weight excluding hydrogens is 300 g/mol. The minimum atomic E-state index is -0.374. The van der Waals surface area contributed by atoms with Crippen LogP contribution in [0.25, 0.3) is 0 Å². The molecule has 21 heavy (non-hydrogen) atoms. The third kappa shape index (κ3) is 4.47. The summed E-state index contributed by atoms with van der Waals surface area (Å²) in [4.78, 5) is 13.6. The Kier molecular flexibility index (Phi) is 6.58. The monoisotopic (exact) mass is 326 g/mol. The summed E-state index contributed by atoms with van der Waals surface area (Å²) in [5.41, 5.74) is 6.10. The van der Waals surface area contributed by atoms with E-state index in [9.17, 15) is 4.79 Å². The predicted octanol–water partition coefficient (Wildman–Crippen LogP) is 3.15. The first-order valence-electron chi connectivity index (χ1n) is 7.74. The zero-order valence-corrected chi connectivity index (χ0v) is 14.4. The van der Waals surface area contributed by atoms with Gasteiger partial charge in [-0.2, -0.15) is 11.8 Å². The van der Waals surface area contributed by atoms with Gasteiger partial charge in [-0.25, -0.2) is 0 Å². The van der Waals surface area contributed by atoms with Crippen molar-refractivity contribution in [2.75, 3.05) is 18.6 Å². The summed E-state index contributed by atoms with van der Waals surface area (Å²) in [5.74, 6) is 0.940. The molecule has 1 atom stereocenters. The highest BCUT2D eigenvalue weighted by atomic mass is 32.2. The largest absolute Gasteiger partial charge is 0.354 e. The topological polar surface area (TPSA) is 55.1 Å². The number of thioether (sulfide) groups is 1. The van der Waals surface area contributed by atoms with E-state index in [1.165, 1.54) is 37.0 Å². The maximum atomic E-state index is 12.2. The SMILES string of the molecule is CSCC[C@H](N)C(=O)NCC1(c2cccs2)CCCCC1. The summed E-state index contributed by atoms with van der Waals surface area (Å²) in [6, 6.07) is 3.96. The van der Waals surface area contributed by atoms with Crippen molar-refractivity contribution in [1.82, 2.24) is 5.32 Å². The molecule has 0 unspecified atom stereocenters. The lowest BCUT2D eigenvalue weighted by atomic mass is 9.73. The van der Waals surface area contributed by atoms with Crippen LogP contribution >= 0.6 is 23.1 Å². The van der Waals surface area contributed by atoms with Gasteiger partial charge in [0.05, 0.1) is 6.04 Å². The molecule has 1 aliphatic rings. The molecule has 2 rings (SSSR count). The number of hydrogen-bond donors (Lipinski definition) is 2. The highest BCUT2D eigenvalue weighted by Crippen LogP contribution is 2.41. The van der Waals surface area contributed by atoms with Crippen LogP contribution in [0.15, 0.2) is 17.5 Å². The van der Waals surface area contributed by atoms with Crippen molar-refractivity contribution in [2.45, 2.75) is 50.0 Å². The molecule has 1 amide bonds. The van der Waals surface area contributed by atoms with Crippen molar-refractivity contribution >= 4 is 29.0 Å². The summed E-state index contributed by atoms with van der Waals surface area (Å²) >= 11 is 3.55. The van der Waals surface area contributed by atoms with Crippen LogP contribution < -0.4 is 11.1 Å². The Labute approximate surface area is 136 Å². The van der Waals surface area contributed by atoms with E-state index >= 15 is 0 Å². The molecule has 1 saturated carbocycles. The number of nitrogens with two attached hydrogens (primary N) is 1. The average molecular weight is 327 g/mol. The molecule has 118 valence electrons. The Morgan fingerprint density at radius 3 is 2.86 bits per heavy atom. The first-order valence-corrected chi connectivity index (χ1v) is 10.0. The van der Waals surface area contributed by atoms with Gasteiger partial charge in [0.25, 0.3) is 0 Å². The lowest BCUT2D eigenvalue weighted by Crippen LogP contribution is -2.47. The first-order chi connectivity index (χ1) is 10.2. The Morgan fingerprint density at radius 2 is 2.24 bits per heavy atom. The van der Waals surface area contributed by atoms with Crippen LogP contribution in [0.4, 0.5) is 0 Å². The summed E-state index contributed by atoms with van der Waals surface area (Å²) < 4.78 is 0. The normalized spacial score (nSPS) is 19.1. The lowest BCUT2D eigenvalue weighted by Gasteiger charge is -2.37. The molecule has 1 heterocycles. The summed E-state index contributed by atoms with van der Waals surface area (Å²) in [6.45, 7) is 0.735. The highest BCUT2D eigenvalue weighted by molar-refractivity contribution is 7.98. The molecule has 3 nitrogen and oxygen atoms in total. The van der Waals surface area contributed by atoms with Crippen molar-refractivity contribution in [1.29, 1.82) is 0 Å². The minimum absolute atomic E-state index is 0.00514. The Morgan fingerprint density at radius 1 is 1.48 bits per heavy atom. The molecule has 0 aliphatic heterocycles. The fraction of sp³-hybridized carbons (Fsp3) is 0.688. The molecule has 0 spiro atoms. The molecule has 0 saturated heterocycles. The predicted molar refractivity (Wildman–Crippen MR) is 93.1 cm³/mol. The van der Waals surface area contributed by atoms with Gasteiger partial charge in [-0.15, -0.1) is 11.3 Å². The Hall–Kier alpha value is -0.520. The number of thiophene rings is 1. The second-order valence-electron chi connectivity index (χ2n) is 5.92. The summed E-state index contributed by atoms with van der Waals surface area (Å²) in [5, 5.41) is 5.26. The molecule has 1 fully saturated rings. The van der Waals surface area contributed by atoms with E-state index in [2.05, 4.69) is 22.8 Å². The van der Waals surface area contributed by atoms with Crippen molar-refractivity contribution in [2.24, 2.45) is 5.73 Å². The third-order valence-corrected chi connectivity index (χ3v) is 6.19. The van der Waals surface area contributed by atoms with Crippen LogP contribution in [0.1, 0.15) is 43.4 Å². The molecule has 1 aliphatic carbocycles. The maximum Gasteiger partial charge on any atom is 0.236 e. The number of rotatable bonds is 7. The van der Waals surface area contributed by atoms with E-state index in [1.54, 1.807) is 11.8 Å². The first kappa shape index (κ1) is 16.8. The molecule has 0 radical (unpaired) electrons. The van der Waals surface area contributed by atoms with Crippen LogP contribution in [0, 0.1) is 0 Å². The van der Waals surface area contributed by atoms with Crippen LogP contribution in [0.3, 0.4) is 0 Å². The fourth-order valence-corrected chi connectivity index (χ4v) is 4.56. The van der Waals surface area contributed by atoms with Crippen LogP contribution in [-0.4, -0.2) is 30.5 Å². The van der Waals surface area contributed by atoms with Gasteiger partial charge in [0.1, 0.15) is 0 Å². The van der Waals surface area contributed by atoms with E-state index in [-0.39, 0.29) is 17.4 Å². The second-order valence-corrected chi connectivity index (χ2v) is 7.86. The van der Waals surface area contributed by atoms with E-state index in [1.807, 2.05) is 17.6 Å². The van der Waals surface area contributed by atoms with E-state index < -0.39 is 0 Å². The van der Waals surface area contributed by atoms with Crippen LogP contribution in [-0.2, 0) is 10.2 Å². The quantitative estimate of drug-likeness (QED) is 0.809. The van der Waals surface area contributed by atoms with Crippen molar-refractivity contribution < 1.29 is 4.79 Å². The van der Waals surface area contributed by atoms with E-state index in [0.717, 1.165) is 18.7 Å². The van der Waals surface area contributed by atoms with Crippen LogP contribution in [0.2, 0.25) is 0 Å². The average Bonchev–Trinajstić information content (AvgIpc) is 3.06. The van der Waals surface area contributed by atoms with Gasteiger partial charge in [-0.3, -0.25) is 4.79 Å². The summed E-state index contributed by atoms with van der Waals surface area (Å²) in [6.07, 6.45) is 8.96. The number of carbonyl (C=O) groups is 1. The standard InChI is InChI=1S/C16H26N2OS2/c1-20-11-7-13(17)15(19)18-12-16(8-3-2-4-9-16)14-6-5-10-21-14/h5-6,10,13H,2-4,7-9,11-12,17H2,1H3,(H,18,19)/t13-/m0/s1. The maximum absolute atomic E-state index is 12.2. The molecule has 3 N–H and O–H groups in total. The molecular formula is C16H26N2OS2. The van der Waals surface area contributed by atoms with Gasteiger partial charge in [0.2, 0.25) is 5.91 Å². The van der Waals surface area contributed by atoms with Gasteiger partial charge in [0.15, 0.2) is 0 Å². The van der Waals surface area contributed by atoms with Crippen molar-refractivity contribution in [3.8, 4) is 0 Å². The van der Waals surface area contributed by atoms with Gasteiger partial charge in [0, 0.05) is 16.8 Å². The van der Waals surface area contributed by atoms with Crippen molar-refractivity contribution in [3.63, 3.8) is 0 Å². The van der Waals surface area contributed by atoms with Gasteiger partial charge in [-0.05, 0) is 42.7 Å². The number of carbonyl (C=O) groups excluding carboxylic acids is 1. The third-order valence-electron chi connectivity index (χ3n) is 4.43.